The number of piperazine rings is 1. The Bertz CT molecular complexity index is 989. The van der Waals surface area contributed by atoms with Gasteiger partial charge in [0.2, 0.25) is 5.91 Å². The zero-order chi connectivity index (χ0) is 19.6. The first kappa shape index (κ1) is 18.3. The van der Waals surface area contributed by atoms with Gasteiger partial charge in [-0.2, -0.15) is 5.26 Å². The van der Waals surface area contributed by atoms with Gasteiger partial charge in [0.05, 0.1) is 11.6 Å². The maximum absolute atomic E-state index is 13.1. The fourth-order valence-corrected chi connectivity index (χ4v) is 3.12. The van der Waals surface area contributed by atoms with Crippen LogP contribution in [0.25, 0.3) is 5.57 Å². The normalized spacial score (nSPS) is 21.1. The Hall–Kier alpha value is -3.46. The molecule has 1 unspecified atom stereocenters. The average molecular weight is 363 g/mol. The van der Waals surface area contributed by atoms with Gasteiger partial charge in [0, 0.05) is 6.42 Å². The van der Waals surface area contributed by atoms with Gasteiger partial charge < -0.3 is 10.6 Å². The molecule has 2 amide bonds. The second-order valence-corrected chi connectivity index (χ2v) is 6.70. The zero-order valence-electron chi connectivity index (χ0n) is 15.0. The highest BCUT2D eigenvalue weighted by molar-refractivity contribution is 6.10. The molecule has 0 spiro atoms. The molecule has 136 valence electrons. The lowest BCUT2D eigenvalue weighted by Crippen LogP contribution is -2.64. The third-order valence-electron chi connectivity index (χ3n) is 4.65. The Labute approximate surface area is 156 Å². The number of nitriles is 1. The Morgan fingerprint density at radius 1 is 1.15 bits per heavy atom. The zero-order valence-corrected chi connectivity index (χ0v) is 15.0. The van der Waals surface area contributed by atoms with Crippen LogP contribution in [0.1, 0.15) is 30.5 Å². The molecular weight excluding hydrogens is 345 g/mol. The fraction of sp³-hybridized carbons (Fsp3) is 0.190. The molecule has 1 saturated heterocycles. The second-order valence-electron chi connectivity index (χ2n) is 6.70. The van der Waals surface area contributed by atoms with Crippen molar-refractivity contribution in [3.8, 4) is 6.07 Å². The van der Waals surface area contributed by atoms with Gasteiger partial charge in [0.25, 0.3) is 5.91 Å². The number of benzene rings is 2. The third kappa shape index (κ3) is 3.58. The molecule has 0 aliphatic carbocycles. The number of amides is 2. The monoisotopic (exact) mass is 363 g/mol. The molecule has 2 aromatic carbocycles. The van der Waals surface area contributed by atoms with Crippen LogP contribution in [0.2, 0.25) is 0 Å². The molecule has 27 heavy (non-hydrogen) atoms. The van der Waals surface area contributed by atoms with Crippen LogP contribution in [-0.4, -0.2) is 17.4 Å². The van der Waals surface area contributed by atoms with Crippen LogP contribution in [0.15, 0.2) is 54.2 Å². The van der Waals surface area contributed by atoms with E-state index in [4.69, 9.17) is 0 Å². The maximum Gasteiger partial charge on any atom is 0.268 e. The SMILES string of the molecule is CC(=C1NC(=O)C(C)(Cc2ccc(F)cc2)NC1=O)c1ccccc1C#N. The summed E-state index contributed by atoms with van der Waals surface area (Å²) in [6.45, 7) is 3.31. The van der Waals surface area contributed by atoms with Crippen LogP contribution >= 0.6 is 0 Å². The van der Waals surface area contributed by atoms with Crippen molar-refractivity contribution in [3.05, 3.63) is 76.7 Å². The molecule has 1 aliphatic heterocycles. The van der Waals surface area contributed by atoms with E-state index in [1.807, 2.05) is 0 Å². The van der Waals surface area contributed by atoms with Gasteiger partial charge in [-0.25, -0.2) is 4.39 Å². The van der Waals surface area contributed by atoms with Gasteiger partial charge in [0.15, 0.2) is 0 Å². The summed E-state index contributed by atoms with van der Waals surface area (Å²) in [6.07, 6.45) is 0.228. The first-order chi connectivity index (χ1) is 12.8. The molecule has 2 aromatic rings. The predicted octanol–water partition coefficient (Wildman–Crippen LogP) is 2.68. The number of nitrogens with zero attached hydrogens (tertiary/aromatic N) is 1. The quantitative estimate of drug-likeness (QED) is 0.823. The van der Waals surface area contributed by atoms with E-state index in [0.29, 0.717) is 16.7 Å². The standard InChI is InChI=1S/C21H18FN3O2/c1-13(17-6-4-3-5-15(17)12-23)18-19(26)25-21(2,20(27)24-18)11-14-7-9-16(22)10-8-14/h3-10H,11H2,1-2H3,(H,24,27)(H,25,26). The summed E-state index contributed by atoms with van der Waals surface area (Å²) in [5.74, 6) is -1.15. The molecule has 0 saturated carbocycles. The number of rotatable bonds is 3. The Kier molecular flexibility index (Phi) is 4.78. The molecule has 6 heteroatoms. The van der Waals surface area contributed by atoms with Crippen molar-refractivity contribution in [2.75, 3.05) is 0 Å². The minimum absolute atomic E-state index is 0.124. The Morgan fingerprint density at radius 2 is 1.81 bits per heavy atom. The largest absolute Gasteiger partial charge is 0.336 e. The van der Waals surface area contributed by atoms with E-state index in [2.05, 4.69) is 16.7 Å². The van der Waals surface area contributed by atoms with Crippen LogP contribution in [0.5, 0.6) is 0 Å². The molecule has 1 aliphatic rings. The molecular formula is C21H18FN3O2. The van der Waals surface area contributed by atoms with E-state index >= 15 is 0 Å². The smallest absolute Gasteiger partial charge is 0.268 e. The molecule has 1 fully saturated rings. The van der Waals surface area contributed by atoms with Gasteiger partial charge in [-0.15, -0.1) is 0 Å². The van der Waals surface area contributed by atoms with Crippen LogP contribution in [0, 0.1) is 17.1 Å². The third-order valence-corrected chi connectivity index (χ3v) is 4.65. The number of allylic oxidation sites excluding steroid dienone is 1. The molecule has 3 rings (SSSR count). The summed E-state index contributed by atoms with van der Waals surface area (Å²) in [5, 5.41) is 14.7. The number of nitrogens with one attached hydrogen (secondary N) is 2. The van der Waals surface area contributed by atoms with Gasteiger partial charge in [-0.3, -0.25) is 9.59 Å². The molecule has 2 N–H and O–H groups in total. The molecule has 1 heterocycles. The van der Waals surface area contributed by atoms with Crippen molar-refractivity contribution in [1.29, 1.82) is 5.26 Å². The number of halogens is 1. The Morgan fingerprint density at radius 3 is 2.48 bits per heavy atom. The lowest BCUT2D eigenvalue weighted by atomic mass is 9.88. The number of hydrogen-bond donors (Lipinski definition) is 2. The molecule has 0 aromatic heterocycles. The molecule has 0 bridgehead atoms. The van der Waals surface area contributed by atoms with Gasteiger partial charge in [-0.1, -0.05) is 30.3 Å². The topological polar surface area (TPSA) is 82.0 Å². The van der Waals surface area contributed by atoms with E-state index in [0.717, 1.165) is 5.56 Å². The lowest BCUT2D eigenvalue weighted by Gasteiger charge is -2.35. The minimum Gasteiger partial charge on any atom is -0.336 e. The van der Waals surface area contributed by atoms with E-state index in [9.17, 15) is 19.2 Å². The van der Waals surface area contributed by atoms with E-state index in [-0.39, 0.29) is 23.8 Å². The molecule has 0 radical (unpaired) electrons. The molecule has 1 atom stereocenters. The summed E-state index contributed by atoms with van der Waals surface area (Å²) in [5.41, 5.74) is 1.22. The van der Waals surface area contributed by atoms with Crippen molar-refractivity contribution in [2.45, 2.75) is 25.8 Å². The van der Waals surface area contributed by atoms with Crippen LogP contribution in [0.3, 0.4) is 0 Å². The highest BCUT2D eigenvalue weighted by atomic mass is 19.1. The molecule has 5 nitrogen and oxygen atoms in total. The van der Waals surface area contributed by atoms with E-state index < -0.39 is 11.4 Å². The van der Waals surface area contributed by atoms with Crippen molar-refractivity contribution in [3.63, 3.8) is 0 Å². The maximum atomic E-state index is 13.1. The summed E-state index contributed by atoms with van der Waals surface area (Å²) < 4.78 is 13.1. The number of hydrogen-bond acceptors (Lipinski definition) is 3. The summed E-state index contributed by atoms with van der Waals surface area (Å²) in [6, 6.07) is 14.8. The highest BCUT2D eigenvalue weighted by Crippen LogP contribution is 2.25. The van der Waals surface area contributed by atoms with Crippen molar-refractivity contribution in [2.24, 2.45) is 0 Å². The summed E-state index contributed by atoms with van der Waals surface area (Å²) in [7, 11) is 0. The lowest BCUT2D eigenvalue weighted by molar-refractivity contribution is -0.135. The predicted molar refractivity (Wildman–Crippen MR) is 98.5 cm³/mol. The van der Waals surface area contributed by atoms with Crippen molar-refractivity contribution in [1.82, 2.24) is 10.6 Å². The minimum atomic E-state index is -1.16. The van der Waals surface area contributed by atoms with E-state index in [1.54, 1.807) is 50.2 Å². The van der Waals surface area contributed by atoms with Crippen molar-refractivity contribution >= 4 is 17.4 Å². The van der Waals surface area contributed by atoms with Crippen LogP contribution < -0.4 is 10.6 Å². The van der Waals surface area contributed by atoms with Gasteiger partial charge >= 0.3 is 0 Å². The first-order valence-electron chi connectivity index (χ1n) is 8.43. The number of carbonyl (C=O) groups is 2. The van der Waals surface area contributed by atoms with E-state index in [1.165, 1.54) is 12.1 Å². The average Bonchev–Trinajstić information content (AvgIpc) is 2.66. The fourth-order valence-electron chi connectivity index (χ4n) is 3.12. The summed E-state index contributed by atoms with van der Waals surface area (Å²) >= 11 is 0. The Balaban J connectivity index is 1.90. The first-order valence-corrected chi connectivity index (χ1v) is 8.43. The van der Waals surface area contributed by atoms with Gasteiger partial charge in [-0.05, 0) is 48.7 Å². The van der Waals surface area contributed by atoms with Gasteiger partial charge in [0.1, 0.15) is 17.1 Å². The van der Waals surface area contributed by atoms with Crippen molar-refractivity contribution < 1.29 is 14.0 Å². The van der Waals surface area contributed by atoms with Crippen LogP contribution in [0.4, 0.5) is 4.39 Å². The number of carbonyl (C=O) groups excluding carboxylic acids is 2. The highest BCUT2D eigenvalue weighted by Gasteiger charge is 2.41. The summed E-state index contributed by atoms with van der Waals surface area (Å²) in [4.78, 5) is 25.4. The van der Waals surface area contributed by atoms with Crippen LogP contribution in [-0.2, 0) is 16.0 Å². The second kappa shape index (κ2) is 7.04.